The van der Waals surface area contributed by atoms with Gasteiger partial charge in [-0.2, -0.15) is 5.26 Å². The summed E-state index contributed by atoms with van der Waals surface area (Å²) in [7, 11) is 0. The van der Waals surface area contributed by atoms with Gasteiger partial charge in [0, 0.05) is 5.56 Å². The van der Waals surface area contributed by atoms with Crippen LogP contribution < -0.4 is 11.2 Å². The molecule has 9 heteroatoms. The summed E-state index contributed by atoms with van der Waals surface area (Å²) in [5.41, 5.74) is -0.130. The highest BCUT2D eigenvalue weighted by Crippen LogP contribution is 2.28. The number of nitrogens with zero attached hydrogens (tertiary/aromatic N) is 4. The van der Waals surface area contributed by atoms with Crippen LogP contribution in [0.2, 0.25) is 0 Å². The highest BCUT2D eigenvalue weighted by Gasteiger charge is 2.33. The zero-order valence-corrected chi connectivity index (χ0v) is 14.9. The summed E-state index contributed by atoms with van der Waals surface area (Å²) in [4.78, 5) is 12.3. The molecule has 2 aromatic rings. The number of carbonyl (C=O) groups excluding carboxylic acids is 1. The zero-order valence-electron chi connectivity index (χ0n) is 14.1. The molecule has 0 atom stereocenters. The predicted octanol–water partition coefficient (Wildman–Crippen LogP) is 2.23. The smallest absolute Gasteiger partial charge is 0.231 e. The number of nitrogens with two attached hydrogens (primary N) is 1. The molecule has 1 aromatic carbocycles. The lowest BCUT2D eigenvalue weighted by Gasteiger charge is -2.31. The third-order valence-corrected chi connectivity index (χ3v) is 5.34. The van der Waals surface area contributed by atoms with Crippen LogP contribution in [0.4, 0.5) is 4.39 Å². The van der Waals surface area contributed by atoms with Gasteiger partial charge < -0.3 is 11.2 Å². The van der Waals surface area contributed by atoms with Crippen molar-refractivity contribution in [3.63, 3.8) is 0 Å². The molecule has 1 fully saturated rings. The molecule has 1 aliphatic rings. The number of amides is 1. The highest BCUT2D eigenvalue weighted by atomic mass is 32.2. The number of nitrogen functional groups attached to an aromatic ring is 1. The molecule has 0 saturated heterocycles. The first-order valence-corrected chi connectivity index (χ1v) is 9.33. The number of nitrogens with one attached hydrogen (secondary N) is 1. The first-order chi connectivity index (χ1) is 12.5. The molecule has 0 aliphatic heterocycles. The molecule has 0 bridgehead atoms. The van der Waals surface area contributed by atoms with Gasteiger partial charge in [0.1, 0.15) is 11.4 Å². The molecule has 1 amide bonds. The van der Waals surface area contributed by atoms with Gasteiger partial charge in [0.2, 0.25) is 11.1 Å². The van der Waals surface area contributed by atoms with Gasteiger partial charge in [-0.1, -0.05) is 31.0 Å². The van der Waals surface area contributed by atoms with Crippen LogP contribution >= 0.6 is 11.8 Å². The normalized spacial score (nSPS) is 16.0. The van der Waals surface area contributed by atoms with E-state index in [1.807, 2.05) is 0 Å². The van der Waals surface area contributed by atoms with E-state index in [1.165, 1.54) is 16.8 Å². The first kappa shape index (κ1) is 18.2. The maximum absolute atomic E-state index is 13.0. The summed E-state index contributed by atoms with van der Waals surface area (Å²) in [5.74, 6) is 5.88. The molecule has 1 heterocycles. The molecule has 0 unspecified atom stereocenters. The fourth-order valence-corrected chi connectivity index (χ4v) is 3.68. The second-order valence-electron chi connectivity index (χ2n) is 6.27. The topological polar surface area (TPSA) is 110 Å². The maximum Gasteiger partial charge on any atom is 0.231 e. The fraction of sp³-hybridized carbons (Fsp3) is 0.412. The van der Waals surface area contributed by atoms with Crippen molar-refractivity contribution >= 4 is 17.7 Å². The standard InChI is InChI=1S/C17H19FN6OS/c18-13-6-4-12(5-7-13)15-22-23-16(24(15)20)26-10-14(25)21-17(11-19)8-2-1-3-9-17/h4-7H,1-3,8-10,20H2,(H,21,25). The van der Waals surface area contributed by atoms with E-state index in [2.05, 4.69) is 21.6 Å². The van der Waals surface area contributed by atoms with Crippen molar-refractivity contribution < 1.29 is 9.18 Å². The van der Waals surface area contributed by atoms with Crippen molar-refractivity contribution in [3.05, 3.63) is 30.1 Å². The van der Waals surface area contributed by atoms with E-state index in [1.54, 1.807) is 12.1 Å². The SMILES string of the molecule is N#CC1(NC(=O)CSc2nnc(-c3ccc(F)cc3)n2N)CCCCC1. The minimum Gasteiger partial charge on any atom is -0.337 e. The van der Waals surface area contributed by atoms with Gasteiger partial charge >= 0.3 is 0 Å². The van der Waals surface area contributed by atoms with E-state index in [9.17, 15) is 14.4 Å². The number of hydrogen-bond donors (Lipinski definition) is 2. The molecular formula is C17H19FN6OS. The van der Waals surface area contributed by atoms with Gasteiger partial charge in [-0.3, -0.25) is 4.79 Å². The van der Waals surface area contributed by atoms with E-state index in [-0.39, 0.29) is 17.5 Å². The molecule has 136 valence electrons. The molecule has 3 rings (SSSR count). The number of rotatable bonds is 5. The van der Waals surface area contributed by atoms with Crippen LogP contribution in [-0.2, 0) is 4.79 Å². The van der Waals surface area contributed by atoms with Crippen molar-refractivity contribution in [3.8, 4) is 17.5 Å². The van der Waals surface area contributed by atoms with Gasteiger partial charge in [-0.15, -0.1) is 10.2 Å². The van der Waals surface area contributed by atoms with Crippen LogP contribution in [-0.4, -0.2) is 32.1 Å². The van der Waals surface area contributed by atoms with E-state index >= 15 is 0 Å². The van der Waals surface area contributed by atoms with Gasteiger partial charge in [0.05, 0.1) is 11.8 Å². The van der Waals surface area contributed by atoms with Crippen LogP contribution in [0.25, 0.3) is 11.4 Å². The number of halogens is 1. The van der Waals surface area contributed by atoms with E-state index in [0.29, 0.717) is 29.4 Å². The van der Waals surface area contributed by atoms with Gasteiger partial charge in [-0.25, -0.2) is 9.07 Å². The summed E-state index contributed by atoms with van der Waals surface area (Å²) in [6.07, 6.45) is 4.35. The Morgan fingerprint density at radius 3 is 2.65 bits per heavy atom. The summed E-state index contributed by atoms with van der Waals surface area (Å²) < 4.78 is 14.3. The Kier molecular flexibility index (Phi) is 5.42. The molecule has 1 aromatic heterocycles. The summed E-state index contributed by atoms with van der Waals surface area (Å²) in [6, 6.07) is 8.01. The molecule has 0 radical (unpaired) electrons. The largest absolute Gasteiger partial charge is 0.337 e. The molecule has 1 aliphatic carbocycles. The Hall–Kier alpha value is -2.60. The predicted molar refractivity (Wildman–Crippen MR) is 95.9 cm³/mol. The molecule has 3 N–H and O–H groups in total. The number of nitriles is 1. The lowest BCUT2D eigenvalue weighted by Crippen LogP contribution is -2.49. The monoisotopic (exact) mass is 374 g/mol. The number of hydrogen-bond acceptors (Lipinski definition) is 6. The minimum atomic E-state index is -0.758. The Balaban J connectivity index is 1.62. The second kappa shape index (κ2) is 7.74. The lowest BCUT2D eigenvalue weighted by molar-refractivity contribution is -0.120. The molecule has 1 saturated carbocycles. The number of carbonyl (C=O) groups is 1. The van der Waals surface area contributed by atoms with Crippen molar-refractivity contribution in [2.45, 2.75) is 42.8 Å². The van der Waals surface area contributed by atoms with E-state index in [0.717, 1.165) is 31.0 Å². The average Bonchev–Trinajstić information content (AvgIpc) is 3.02. The average molecular weight is 374 g/mol. The summed E-state index contributed by atoms with van der Waals surface area (Å²) in [5, 5.41) is 20.6. The zero-order chi connectivity index (χ0) is 18.6. The molecule has 7 nitrogen and oxygen atoms in total. The number of aromatic nitrogens is 3. The Labute approximate surface area is 154 Å². The minimum absolute atomic E-state index is 0.0855. The third kappa shape index (κ3) is 3.96. The van der Waals surface area contributed by atoms with Gasteiger partial charge in [0.15, 0.2) is 5.82 Å². The third-order valence-electron chi connectivity index (χ3n) is 4.40. The number of benzene rings is 1. The van der Waals surface area contributed by atoms with Crippen LogP contribution in [0.3, 0.4) is 0 Å². The van der Waals surface area contributed by atoms with Crippen LogP contribution in [0.5, 0.6) is 0 Å². The van der Waals surface area contributed by atoms with Gasteiger partial charge in [-0.05, 0) is 37.1 Å². The Morgan fingerprint density at radius 2 is 2.00 bits per heavy atom. The van der Waals surface area contributed by atoms with Crippen molar-refractivity contribution in [2.75, 3.05) is 11.6 Å². The Bertz CT molecular complexity index is 823. The first-order valence-electron chi connectivity index (χ1n) is 8.34. The quantitative estimate of drug-likeness (QED) is 0.613. The Morgan fingerprint density at radius 1 is 1.31 bits per heavy atom. The summed E-state index contributed by atoms with van der Waals surface area (Å²) in [6.45, 7) is 0. The second-order valence-corrected chi connectivity index (χ2v) is 7.22. The van der Waals surface area contributed by atoms with Crippen LogP contribution in [0, 0.1) is 17.1 Å². The van der Waals surface area contributed by atoms with E-state index < -0.39 is 5.54 Å². The van der Waals surface area contributed by atoms with Crippen LogP contribution in [0.1, 0.15) is 32.1 Å². The van der Waals surface area contributed by atoms with Gasteiger partial charge in [0.25, 0.3) is 0 Å². The lowest BCUT2D eigenvalue weighted by atomic mass is 9.83. The van der Waals surface area contributed by atoms with E-state index in [4.69, 9.17) is 5.84 Å². The highest BCUT2D eigenvalue weighted by molar-refractivity contribution is 7.99. The molecule has 26 heavy (non-hydrogen) atoms. The summed E-state index contributed by atoms with van der Waals surface area (Å²) >= 11 is 1.14. The van der Waals surface area contributed by atoms with Crippen molar-refractivity contribution in [1.29, 1.82) is 5.26 Å². The number of thioether (sulfide) groups is 1. The van der Waals surface area contributed by atoms with Crippen LogP contribution in [0.15, 0.2) is 29.4 Å². The maximum atomic E-state index is 13.0. The molecular weight excluding hydrogens is 355 g/mol. The van der Waals surface area contributed by atoms with Crippen molar-refractivity contribution in [1.82, 2.24) is 20.2 Å². The fourth-order valence-electron chi connectivity index (χ4n) is 3.02. The van der Waals surface area contributed by atoms with Crippen molar-refractivity contribution in [2.24, 2.45) is 0 Å². The molecule has 0 spiro atoms.